The van der Waals surface area contributed by atoms with Gasteiger partial charge in [-0.15, -0.1) is 0 Å². The Bertz CT molecular complexity index is 925. The molecular weight excluding hydrogens is 322 g/mol. The van der Waals surface area contributed by atoms with Crippen molar-refractivity contribution in [3.63, 3.8) is 0 Å². The van der Waals surface area contributed by atoms with Crippen molar-refractivity contribution in [3.8, 4) is 11.5 Å². The van der Waals surface area contributed by atoms with Crippen molar-refractivity contribution in [1.82, 2.24) is 4.98 Å². The summed E-state index contributed by atoms with van der Waals surface area (Å²) < 4.78 is 19.0. The molecule has 1 saturated heterocycles. The van der Waals surface area contributed by atoms with E-state index in [4.69, 9.17) is 14.2 Å². The van der Waals surface area contributed by atoms with Crippen molar-refractivity contribution in [2.75, 3.05) is 0 Å². The number of hydrogen-bond donors (Lipinski definition) is 2. The van der Waals surface area contributed by atoms with Gasteiger partial charge in [0.2, 0.25) is 0 Å². The summed E-state index contributed by atoms with van der Waals surface area (Å²) in [4.78, 5) is 14.8. The van der Waals surface area contributed by atoms with Crippen molar-refractivity contribution in [1.29, 1.82) is 0 Å². The van der Waals surface area contributed by atoms with Gasteiger partial charge in [0.15, 0.2) is 5.79 Å². The fraction of sp³-hybridized carbons (Fsp3) is 0.526. The minimum Gasteiger partial charge on any atom is -0.507 e. The molecule has 1 aromatic heterocycles. The zero-order chi connectivity index (χ0) is 17.4. The van der Waals surface area contributed by atoms with E-state index in [9.17, 15) is 9.90 Å². The number of aromatic nitrogens is 1. The van der Waals surface area contributed by atoms with Crippen LogP contribution >= 0.6 is 0 Å². The van der Waals surface area contributed by atoms with Gasteiger partial charge < -0.3 is 24.3 Å². The Morgan fingerprint density at radius 3 is 2.72 bits per heavy atom. The molecule has 2 N–H and O–H groups in total. The smallest absolute Gasteiger partial charge is 0.252 e. The fourth-order valence-electron chi connectivity index (χ4n) is 4.67. The van der Waals surface area contributed by atoms with Crippen LogP contribution in [-0.4, -0.2) is 27.6 Å². The van der Waals surface area contributed by atoms with Crippen LogP contribution in [0.2, 0.25) is 0 Å². The van der Waals surface area contributed by atoms with E-state index in [0.717, 1.165) is 31.2 Å². The lowest BCUT2D eigenvalue weighted by molar-refractivity contribution is -0.163. The van der Waals surface area contributed by atoms with Crippen molar-refractivity contribution >= 4 is 10.9 Å². The molecule has 0 bridgehead atoms. The first-order valence-corrected chi connectivity index (χ1v) is 8.82. The van der Waals surface area contributed by atoms with Crippen LogP contribution in [0.15, 0.2) is 23.0 Å². The molecule has 0 unspecified atom stereocenters. The number of ether oxygens (including phenoxy) is 3. The predicted molar refractivity (Wildman–Crippen MR) is 90.8 cm³/mol. The van der Waals surface area contributed by atoms with Crippen LogP contribution in [0.4, 0.5) is 0 Å². The number of fused-ring (bicyclic) bond motifs is 6. The molecule has 3 heterocycles. The fourth-order valence-corrected chi connectivity index (χ4v) is 4.67. The Morgan fingerprint density at radius 1 is 1.20 bits per heavy atom. The third-order valence-corrected chi connectivity index (χ3v) is 5.66. The average molecular weight is 343 g/mol. The summed E-state index contributed by atoms with van der Waals surface area (Å²) in [6.07, 6.45) is 3.51. The molecule has 2 atom stereocenters. The van der Waals surface area contributed by atoms with Gasteiger partial charge in [-0.05, 0) is 51.7 Å². The largest absolute Gasteiger partial charge is 0.507 e. The summed E-state index contributed by atoms with van der Waals surface area (Å²) in [6.45, 7) is 3.80. The van der Waals surface area contributed by atoms with E-state index in [1.165, 1.54) is 6.07 Å². The second-order valence-corrected chi connectivity index (χ2v) is 7.77. The maximum atomic E-state index is 11.9. The lowest BCUT2D eigenvalue weighted by atomic mass is 9.83. The Kier molecular flexibility index (Phi) is 2.90. The zero-order valence-corrected chi connectivity index (χ0v) is 14.3. The standard InChI is InChI=1S/C19H21NO5/c1-18(2)24-16-14-12(23-19(17(16)25-18)7-3-4-8-19)6-5-10-11(21)9-13(22)20-15(10)14/h5-6,9,16-17H,3-4,7-8H2,1-2H3,(H2,20,21,22)/t16-,17-/m1/s1. The lowest BCUT2D eigenvalue weighted by Crippen LogP contribution is -2.51. The van der Waals surface area contributed by atoms with E-state index in [1.54, 1.807) is 6.07 Å². The van der Waals surface area contributed by atoms with Crippen molar-refractivity contribution in [2.45, 2.75) is 63.1 Å². The van der Waals surface area contributed by atoms with Crippen LogP contribution in [0.1, 0.15) is 51.2 Å². The molecule has 0 amide bonds. The Hall–Kier alpha value is -2.05. The zero-order valence-electron chi connectivity index (χ0n) is 14.3. The molecule has 1 aliphatic carbocycles. The van der Waals surface area contributed by atoms with Gasteiger partial charge in [-0.1, -0.05) is 0 Å². The summed E-state index contributed by atoms with van der Waals surface area (Å²) in [7, 11) is 0. The maximum absolute atomic E-state index is 11.9. The molecule has 2 aromatic rings. The van der Waals surface area contributed by atoms with Gasteiger partial charge >= 0.3 is 0 Å². The molecule has 25 heavy (non-hydrogen) atoms. The Morgan fingerprint density at radius 2 is 1.96 bits per heavy atom. The van der Waals surface area contributed by atoms with Gasteiger partial charge in [-0.3, -0.25) is 4.79 Å². The SMILES string of the molecule is CC1(C)O[C@@H]2c3c(ccc4c(O)cc(=O)[nH]c34)OC3(CCCC3)[C@@H]2O1. The summed E-state index contributed by atoms with van der Waals surface area (Å²) in [5.74, 6) is -0.0644. The third-order valence-electron chi connectivity index (χ3n) is 5.66. The molecule has 2 fully saturated rings. The third kappa shape index (κ3) is 2.07. The lowest BCUT2D eigenvalue weighted by Gasteiger charge is -2.42. The minimum absolute atomic E-state index is 0.0440. The van der Waals surface area contributed by atoms with Gasteiger partial charge in [-0.2, -0.15) is 0 Å². The van der Waals surface area contributed by atoms with Crippen molar-refractivity contribution in [3.05, 3.63) is 34.1 Å². The van der Waals surface area contributed by atoms with E-state index in [2.05, 4.69) is 4.98 Å². The number of pyridine rings is 1. The molecule has 3 aliphatic rings. The van der Waals surface area contributed by atoms with E-state index in [1.807, 2.05) is 19.9 Å². The summed E-state index contributed by atoms with van der Waals surface area (Å²) in [6, 6.07) is 4.83. The molecule has 0 radical (unpaired) electrons. The first-order valence-electron chi connectivity index (χ1n) is 8.82. The highest BCUT2D eigenvalue weighted by Gasteiger charge is 2.59. The number of H-pyrrole nitrogens is 1. The molecule has 6 nitrogen and oxygen atoms in total. The molecular formula is C19H21NO5. The summed E-state index contributed by atoms with van der Waals surface area (Å²) in [5.41, 5.74) is 0.593. The predicted octanol–water partition coefficient (Wildman–Crippen LogP) is 3.13. The highest BCUT2D eigenvalue weighted by molar-refractivity contribution is 5.89. The van der Waals surface area contributed by atoms with Gasteiger partial charge in [0, 0.05) is 11.5 Å². The quantitative estimate of drug-likeness (QED) is 0.768. The molecule has 132 valence electrons. The van der Waals surface area contributed by atoms with E-state index >= 15 is 0 Å². The van der Waals surface area contributed by atoms with Crippen LogP contribution in [0.3, 0.4) is 0 Å². The highest BCUT2D eigenvalue weighted by atomic mass is 16.8. The topological polar surface area (TPSA) is 80.8 Å². The Balaban J connectivity index is 1.79. The van der Waals surface area contributed by atoms with Gasteiger partial charge in [0.25, 0.3) is 5.56 Å². The first-order chi connectivity index (χ1) is 11.9. The number of nitrogens with one attached hydrogen (secondary N) is 1. The number of benzene rings is 1. The van der Waals surface area contributed by atoms with Crippen LogP contribution in [-0.2, 0) is 9.47 Å². The van der Waals surface area contributed by atoms with E-state index < -0.39 is 5.79 Å². The number of aromatic amines is 1. The normalized spacial score (nSPS) is 28.7. The van der Waals surface area contributed by atoms with Gasteiger partial charge in [-0.25, -0.2) is 0 Å². The average Bonchev–Trinajstić information content (AvgIpc) is 3.11. The van der Waals surface area contributed by atoms with Crippen LogP contribution in [0.5, 0.6) is 11.5 Å². The summed E-state index contributed by atoms with van der Waals surface area (Å²) >= 11 is 0. The number of rotatable bonds is 0. The second-order valence-electron chi connectivity index (χ2n) is 7.77. The van der Waals surface area contributed by atoms with Crippen LogP contribution in [0.25, 0.3) is 10.9 Å². The van der Waals surface area contributed by atoms with Crippen molar-refractivity contribution < 1.29 is 19.3 Å². The summed E-state index contributed by atoms with van der Waals surface area (Å²) in [5, 5.41) is 10.7. The molecule has 1 aromatic carbocycles. The number of aromatic hydroxyl groups is 1. The first kappa shape index (κ1) is 15.2. The number of hydrogen-bond acceptors (Lipinski definition) is 5. The molecule has 2 aliphatic heterocycles. The van der Waals surface area contributed by atoms with E-state index in [-0.39, 0.29) is 29.1 Å². The molecule has 6 heteroatoms. The minimum atomic E-state index is -0.727. The molecule has 1 spiro atoms. The van der Waals surface area contributed by atoms with Gasteiger partial charge in [0.05, 0.1) is 11.1 Å². The highest BCUT2D eigenvalue weighted by Crippen LogP contribution is 2.56. The molecule has 5 rings (SSSR count). The van der Waals surface area contributed by atoms with Crippen LogP contribution < -0.4 is 10.3 Å². The maximum Gasteiger partial charge on any atom is 0.252 e. The van der Waals surface area contributed by atoms with Crippen LogP contribution in [0, 0.1) is 0 Å². The molecule has 1 saturated carbocycles. The van der Waals surface area contributed by atoms with Gasteiger partial charge in [0.1, 0.15) is 29.3 Å². The van der Waals surface area contributed by atoms with Crippen molar-refractivity contribution in [2.24, 2.45) is 0 Å². The van der Waals surface area contributed by atoms with E-state index in [0.29, 0.717) is 16.7 Å². The Labute approximate surface area is 144 Å². The monoisotopic (exact) mass is 343 g/mol. The second kappa shape index (κ2) is 4.77.